The van der Waals surface area contributed by atoms with Crippen LogP contribution in [0.25, 0.3) is 10.8 Å². The van der Waals surface area contributed by atoms with E-state index in [2.05, 4.69) is 15.3 Å². The van der Waals surface area contributed by atoms with Gasteiger partial charge in [0.1, 0.15) is 12.1 Å². The van der Waals surface area contributed by atoms with Crippen molar-refractivity contribution in [2.75, 3.05) is 5.32 Å². The third kappa shape index (κ3) is 3.95. The number of aromatic nitrogens is 2. The molecule has 7 nitrogen and oxygen atoms in total. The van der Waals surface area contributed by atoms with E-state index in [1.807, 2.05) is 43.3 Å². The minimum Gasteiger partial charge on any atom is -0.434 e. The summed E-state index contributed by atoms with van der Waals surface area (Å²) >= 11 is 6.14. The number of fused-ring (bicyclic) bond motifs is 1. The van der Waals surface area contributed by atoms with Crippen molar-refractivity contribution in [1.82, 2.24) is 9.97 Å². The summed E-state index contributed by atoms with van der Waals surface area (Å²) < 4.78 is 5.74. The van der Waals surface area contributed by atoms with Crippen LogP contribution in [0.15, 0.2) is 67.0 Å². The Morgan fingerprint density at radius 1 is 1.03 bits per heavy atom. The Morgan fingerprint density at radius 3 is 2.59 bits per heavy atom. The smallest absolute Gasteiger partial charge is 0.373 e. The van der Waals surface area contributed by atoms with Gasteiger partial charge >= 0.3 is 11.6 Å². The van der Waals surface area contributed by atoms with Crippen molar-refractivity contribution in [1.29, 1.82) is 0 Å². The molecular weight excluding hydrogens is 392 g/mol. The van der Waals surface area contributed by atoms with Crippen LogP contribution in [-0.2, 0) is 0 Å². The summed E-state index contributed by atoms with van der Waals surface area (Å²) in [6.45, 7) is 1.87. The molecule has 0 radical (unpaired) electrons. The number of rotatable bonds is 5. The number of halogens is 1. The Labute approximate surface area is 171 Å². The van der Waals surface area contributed by atoms with Crippen molar-refractivity contribution in [3.8, 4) is 11.6 Å². The summed E-state index contributed by atoms with van der Waals surface area (Å²) in [5, 5.41) is 17.2. The van der Waals surface area contributed by atoms with E-state index in [9.17, 15) is 10.1 Å². The van der Waals surface area contributed by atoms with Crippen LogP contribution in [0.3, 0.4) is 0 Å². The fourth-order valence-electron chi connectivity index (χ4n) is 2.84. The fraction of sp³-hybridized carbons (Fsp3) is 0.0476. The van der Waals surface area contributed by atoms with Crippen molar-refractivity contribution in [3.05, 3.63) is 87.7 Å². The van der Waals surface area contributed by atoms with E-state index in [1.165, 1.54) is 6.33 Å². The number of nitro groups is 1. The highest BCUT2D eigenvalue weighted by Gasteiger charge is 2.25. The molecule has 0 unspecified atom stereocenters. The SMILES string of the molecule is Cc1ccc(Nc2ncnc(Oc3ccc4ccccc4c3)c2[N+](=O)[O-])cc1Cl. The quantitative estimate of drug-likeness (QED) is 0.321. The van der Waals surface area contributed by atoms with E-state index in [0.29, 0.717) is 16.5 Å². The van der Waals surface area contributed by atoms with Crippen LogP contribution in [0.4, 0.5) is 17.2 Å². The first-order chi connectivity index (χ1) is 14.0. The molecule has 0 aliphatic rings. The van der Waals surface area contributed by atoms with E-state index >= 15 is 0 Å². The maximum atomic E-state index is 11.7. The van der Waals surface area contributed by atoms with Crippen molar-refractivity contribution >= 4 is 39.6 Å². The van der Waals surface area contributed by atoms with E-state index < -0.39 is 4.92 Å². The predicted octanol–water partition coefficient (Wildman–Crippen LogP) is 6.04. The molecule has 0 amide bonds. The van der Waals surface area contributed by atoms with Gasteiger partial charge in [-0.15, -0.1) is 0 Å². The summed E-state index contributed by atoms with van der Waals surface area (Å²) in [5.74, 6) is 0.302. The maximum absolute atomic E-state index is 11.7. The van der Waals surface area contributed by atoms with Gasteiger partial charge in [-0.05, 0) is 47.5 Å². The van der Waals surface area contributed by atoms with Gasteiger partial charge < -0.3 is 10.1 Å². The van der Waals surface area contributed by atoms with Gasteiger partial charge in [0, 0.05) is 10.7 Å². The highest BCUT2D eigenvalue weighted by Crippen LogP contribution is 2.36. The number of hydrogen-bond acceptors (Lipinski definition) is 6. The summed E-state index contributed by atoms with van der Waals surface area (Å²) in [5.41, 5.74) is 1.10. The van der Waals surface area contributed by atoms with Gasteiger partial charge in [0.05, 0.1) is 4.92 Å². The van der Waals surface area contributed by atoms with E-state index in [-0.39, 0.29) is 17.4 Å². The molecule has 1 heterocycles. The average Bonchev–Trinajstić information content (AvgIpc) is 2.70. The molecule has 4 rings (SSSR count). The van der Waals surface area contributed by atoms with Crippen LogP contribution in [-0.4, -0.2) is 14.9 Å². The van der Waals surface area contributed by atoms with E-state index in [4.69, 9.17) is 16.3 Å². The van der Waals surface area contributed by atoms with Crippen molar-refractivity contribution in [2.24, 2.45) is 0 Å². The molecule has 0 bridgehead atoms. The predicted molar refractivity (Wildman–Crippen MR) is 112 cm³/mol. The summed E-state index contributed by atoms with van der Waals surface area (Å²) in [6.07, 6.45) is 1.21. The second-order valence-corrected chi connectivity index (χ2v) is 6.74. The van der Waals surface area contributed by atoms with Crippen LogP contribution in [0.5, 0.6) is 11.6 Å². The molecule has 29 heavy (non-hydrogen) atoms. The number of ether oxygens (including phenoxy) is 1. The Balaban J connectivity index is 1.70. The standard InChI is InChI=1S/C21H15ClN4O3/c1-13-6-8-16(11-18(13)22)25-20-19(26(27)28)21(24-12-23-20)29-17-9-7-14-4-2-3-5-15(14)10-17/h2-12H,1H3,(H,23,24,25). The van der Waals surface area contributed by atoms with E-state index in [0.717, 1.165) is 16.3 Å². The van der Waals surface area contributed by atoms with Crippen LogP contribution >= 0.6 is 11.6 Å². The van der Waals surface area contributed by atoms with Crippen LogP contribution in [0, 0.1) is 17.0 Å². The Kier molecular flexibility index (Phi) is 4.97. The fourth-order valence-corrected chi connectivity index (χ4v) is 3.02. The number of nitrogens with one attached hydrogen (secondary N) is 1. The largest absolute Gasteiger partial charge is 0.434 e. The lowest BCUT2D eigenvalue weighted by Gasteiger charge is -2.10. The van der Waals surface area contributed by atoms with Crippen LogP contribution < -0.4 is 10.1 Å². The molecule has 0 saturated heterocycles. The summed E-state index contributed by atoms with van der Waals surface area (Å²) in [6, 6.07) is 18.4. The third-order valence-electron chi connectivity index (χ3n) is 4.34. The molecule has 4 aromatic rings. The maximum Gasteiger partial charge on any atom is 0.373 e. The first-order valence-electron chi connectivity index (χ1n) is 8.70. The van der Waals surface area contributed by atoms with Crippen LogP contribution in [0.1, 0.15) is 5.56 Å². The highest BCUT2D eigenvalue weighted by atomic mass is 35.5. The number of hydrogen-bond donors (Lipinski definition) is 1. The molecule has 8 heteroatoms. The minimum atomic E-state index is -0.575. The van der Waals surface area contributed by atoms with Gasteiger partial charge in [-0.25, -0.2) is 4.98 Å². The Bertz CT molecular complexity index is 1230. The van der Waals surface area contributed by atoms with Gasteiger partial charge in [-0.3, -0.25) is 10.1 Å². The second kappa shape index (κ2) is 7.73. The molecule has 1 aromatic heterocycles. The number of benzene rings is 3. The van der Waals surface area contributed by atoms with Crippen LogP contribution in [0.2, 0.25) is 5.02 Å². The molecule has 0 aliphatic carbocycles. The second-order valence-electron chi connectivity index (χ2n) is 6.33. The molecule has 0 aliphatic heterocycles. The molecule has 0 atom stereocenters. The first-order valence-corrected chi connectivity index (χ1v) is 9.08. The molecule has 0 fully saturated rings. The lowest BCUT2D eigenvalue weighted by molar-refractivity contribution is -0.385. The molecule has 144 valence electrons. The number of nitrogens with zero attached hydrogens (tertiary/aromatic N) is 3. The topological polar surface area (TPSA) is 90.2 Å². The lowest BCUT2D eigenvalue weighted by atomic mass is 10.1. The molecule has 0 saturated carbocycles. The van der Waals surface area contributed by atoms with E-state index in [1.54, 1.807) is 24.3 Å². The monoisotopic (exact) mass is 406 g/mol. The van der Waals surface area contributed by atoms with Gasteiger partial charge in [0.2, 0.25) is 5.82 Å². The van der Waals surface area contributed by atoms with Gasteiger partial charge in [-0.2, -0.15) is 4.98 Å². The van der Waals surface area contributed by atoms with Crippen molar-refractivity contribution in [2.45, 2.75) is 6.92 Å². The molecule has 1 N–H and O–H groups in total. The molecule has 3 aromatic carbocycles. The number of aryl methyl sites for hydroxylation is 1. The average molecular weight is 407 g/mol. The Morgan fingerprint density at radius 2 is 1.83 bits per heavy atom. The first kappa shape index (κ1) is 18.6. The summed E-state index contributed by atoms with van der Waals surface area (Å²) in [7, 11) is 0. The third-order valence-corrected chi connectivity index (χ3v) is 4.75. The zero-order valence-corrected chi connectivity index (χ0v) is 16.1. The lowest BCUT2D eigenvalue weighted by Crippen LogP contribution is -2.03. The number of anilines is 2. The van der Waals surface area contributed by atoms with Crippen molar-refractivity contribution in [3.63, 3.8) is 0 Å². The normalized spacial score (nSPS) is 10.7. The van der Waals surface area contributed by atoms with Crippen molar-refractivity contribution < 1.29 is 9.66 Å². The summed E-state index contributed by atoms with van der Waals surface area (Å²) in [4.78, 5) is 19.1. The molecule has 0 spiro atoms. The molecular formula is C21H15ClN4O3. The van der Waals surface area contributed by atoms with Gasteiger partial charge in [-0.1, -0.05) is 48.0 Å². The van der Waals surface area contributed by atoms with Gasteiger partial charge in [0.25, 0.3) is 0 Å². The minimum absolute atomic E-state index is 0.0145. The zero-order valence-electron chi connectivity index (χ0n) is 15.3. The van der Waals surface area contributed by atoms with Gasteiger partial charge in [0.15, 0.2) is 0 Å². The zero-order chi connectivity index (χ0) is 20.4. The highest BCUT2D eigenvalue weighted by molar-refractivity contribution is 6.31. The Hall–Kier alpha value is -3.71.